The number of hydrogen-bond donors (Lipinski definition) is 1. The Labute approximate surface area is 188 Å². The van der Waals surface area contributed by atoms with Gasteiger partial charge in [-0.05, 0) is 24.0 Å². The number of carbonyl (C=O) groups is 1. The maximum absolute atomic E-state index is 12.7. The SMILES string of the molecule is CC[C@@H](C)c1ccc(-c2csc(NC(=O)c3cnc4c(c3)c(=O)n(C)c(=O)n4C)n2)cc1. The van der Waals surface area contributed by atoms with Crippen molar-refractivity contribution in [2.45, 2.75) is 26.2 Å². The molecule has 0 fully saturated rings. The van der Waals surface area contributed by atoms with E-state index in [1.54, 1.807) is 0 Å². The summed E-state index contributed by atoms with van der Waals surface area (Å²) in [5.41, 5.74) is 2.51. The van der Waals surface area contributed by atoms with Gasteiger partial charge in [-0.3, -0.25) is 24.0 Å². The largest absolute Gasteiger partial charge is 0.332 e. The molecule has 0 radical (unpaired) electrons. The van der Waals surface area contributed by atoms with E-state index < -0.39 is 17.2 Å². The van der Waals surface area contributed by atoms with Gasteiger partial charge in [0, 0.05) is 31.2 Å². The molecule has 1 N–H and O–H groups in total. The number of nitrogens with zero attached hydrogens (tertiary/aromatic N) is 4. The van der Waals surface area contributed by atoms with Gasteiger partial charge < -0.3 is 0 Å². The van der Waals surface area contributed by atoms with Gasteiger partial charge in [-0.25, -0.2) is 14.8 Å². The number of rotatable bonds is 5. The van der Waals surface area contributed by atoms with Crippen LogP contribution in [0.4, 0.5) is 5.13 Å². The first-order valence-electron chi connectivity index (χ1n) is 10.2. The van der Waals surface area contributed by atoms with Crippen LogP contribution in [0.3, 0.4) is 0 Å². The summed E-state index contributed by atoms with van der Waals surface area (Å²) in [5.74, 6) is 0.0764. The van der Waals surface area contributed by atoms with E-state index in [9.17, 15) is 14.4 Å². The van der Waals surface area contributed by atoms with E-state index >= 15 is 0 Å². The van der Waals surface area contributed by atoms with Crippen molar-refractivity contribution in [1.82, 2.24) is 19.1 Å². The number of carbonyl (C=O) groups excluding carboxylic acids is 1. The molecule has 4 rings (SSSR count). The smallest absolute Gasteiger partial charge is 0.298 e. The second-order valence-corrected chi connectivity index (χ2v) is 8.58. The Morgan fingerprint density at radius 3 is 2.56 bits per heavy atom. The summed E-state index contributed by atoms with van der Waals surface area (Å²) in [4.78, 5) is 45.9. The molecule has 0 aliphatic heterocycles. The monoisotopic (exact) mass is 449 g/mol. The number of fused-ring (bicyclic) bond motifs is 1. The molecule has 0 saturated heterocycles. The van der Waals surface area contributed by atoms with Gasteiger partial charge in [0.1, 0.15) is 5.65 Å². The van der Waals surface area contributed by atoms with Crippen LogP contribution >= 0.6 is 11.3 Å². The molecule has 4 aromatic rings. The normalized spacial score (nSPS) is 12.1. The van der Waals surface area contributed by atoms with Crippen LogP contribution < -0.4 is 16.6 Å². The number of nitrogens with one attached hydrogen (secondary N) is 1. The van der Waals surface area contributed by atoms with E-state index in [4.69, 9.17) is 0 Å². The van der Waals surface area contributed by atoms with Gasteiger partial charge in [-0.2, -0.15) is 0 Å². The fourth-order valence-electron chi connectivity index (χ4n) is 3.44. The lowest BCUT2D eigenvalue weighted by Crippen LogP contribution is -2.37. The second-order valence-electron chi connectivity index (χ2n) is 7.72. The first-order valence-corrected chi connectivity index (χ1v) is 11.1. The summed E-state index contributed by atoms with van der Waals surface area (Å²) in [5, 5.41) is 5.30. The molecule has 0 aliphatic rings. The summed E-state index contributed by atoms with van der Waals surface area (Å²) < 4.78 is 2.27. The summed E-state index contributed by atoms with van der Waals surface area (Å²) in [6, 6.07) is 9.73. The minimum atomic E-state index is -0.498. The first kappa shape index (κ1) is 21.6. The van der Waals surface area contributed by atoms with Crippen molar-refractivity contribution < 1.29 is 4.79 Å². The highest BCUT2D eigenvalue weighted by Crippen LogP contribution is 2.27. The average Bonchev–Trinajstić information content (AvgIpc) is 3.28. The van der Waals surface area contributed by atoms with E-state index in [2.05, 4.69) is 41.3 Å². The van der Waals surface area contributed by atoms with Gasteiger partial charge in [0.15, 0.2) is 5.13 Å². The highest BCUT2D eigenvalue weighted by molar-refractivity contribution is 7.14. The number of aryl methyl sites for hydroxylation is 1. The Hall–Kier alpha value is -3.59. The lowest BCUT2D eigenvalue weighted by molar-refractivity contribution is 0.102. The lowest BCUT2D eigenvalue weighted by atomic mass is 9.97. The van der Waals surface area contributed by atoms with Crippen molar-refractivity contribution in [3.05, 3.63) is 73.9 Å². The third kappa shape index (κ3) is 3.87. The van der Waals surface area contributed by atoms with Gasteiger partial charge in [0.05, 0.1) is 16.6 Å². The van der Waals surface area contributed by atoms with Crippen LogP contribution in [-0.2, 0) is 14.1 Å². The van der Waals surface area contributed by atoms with Crippen LogP contribution in [0.1, 0.15) is 42.1 Å². The molecule has 8 nitrogen and oxygen atoms in total. The van der Waals surface area contributed by atoms with Gasteiger partial charge in [0.2, 0.25) is 0 Å². The Bertz CT molecular complexity index is 1430. The third-order valence-corrected chi connectivity index (χ3v) is 6.43. The topological polar surface area (TPSA) is 98.9 Å². The van der Waals surface area contributed by atoms with Crippen molar-refractivity contribution in [1.29, 1.82) is 0 Å². The van der Waals surface area contributed by atoms with Gasteiger partial charge >= 0.3 is 5.69 Å². The molecule has 1 amide bonds. The van der Waals surface area contributed by atoms with Crippen molar-refractivity contribution in [3.8, 4) is 11.3 Å². The minimum Gasteiger partial charge on any atom is -0.298 e. The fraction of sp³-hybridized carbons (Fsp3) is 0.261. The molecule has 32 heavy (non-hydrogen) atoms. The number of thiazole rings is 1. The quantitative estimate of drug-likeness (QED) is 0.503. The van der Waals surface area contributed by atoms with Crippen molar-refractivity contribution in [3.63, 3.8) is 0 Å². The second kappa shape index (κ2) is 8.51. The number of hydrogen-bond acceptors (Lipinski definition) is 6. The predicted octanol–water partition coefficient (Wildman–Crippen LogP) is 3.52. The Kier molecular flexibility index (Phi) is 5.75. The molecule has 1 aromatic carbocycles. The molecule has 9 heteroatoms. The Morgan fingerprint density at radius 1 is 1.16 bits per heavy atom. The summed E-state index contributed by atoms with van der Waals surface area (Å²) in [6.45, 7) is 4.36. The number of aromatic nitrogens is 4. The van der Waals surface area contributed by atoms with E-state index in [1.807, 2.05) is 17.5 Å². The highest BCUT2D eigenvalue weighted by atomic mass is 32.1. The molecule has 1 atom stereocenters. The van der Waals surface area contributed by atoms with E-state index in [0.717, 1.165) is 22.2 Å². The zero-order valence-electron chi connectivity index (χ0n) is 18.2. The molecule has 3 heterocycles. The third-order valence-electron chi connectivity index (χ3n) is 5.67. The summed E-state index contributed by atoms with van der Waals surface area (Å²) >= 11 is 1.32. The number of benzene rings is 1. The Morgan fingerprint density at radius 2 is 1.88 bits per heavy atom. The first-order chi connectivity index (χ1) is 15.3. The molecular weight excluding hydrogens is 426 g/mol. The summed E-state index contributed by atoms with van der Waals surface area (Å²) in [6.07, 6.45) is 2.43. The molecule has 0 spiro atoms. The molecular formula is C23H23N5O3S. The maximum atomic E-state index is 12.7. The standard InChI is InChI=1S/C23H23N5O3S/c1-5-13(2)14-6-8-15(9-7-14)18-12-32-22(25-18)26-20(29)16-10-17-19(24-11-16)27(3)23(31)28(4)21(17)30/h6-13H,5H2,1-4H3,(H,25,26,29)/t13-/m1/s1. The molecule has 0 unspecified atom stereocenters. The zero-order valence-corrected chi connectivity index (χ0v) is 19.1. The van der Waals surface area contributed by atoms with Crippen LogP contribution in [0, 0.1) is 0 Å². The van der Waals surface area contributed by atoms with Gasteiger partial charge in [-0.15, -0.1) is 11.3 Å². The average molecular weight is 450 g/mol. The van der Waals surface area contributed by atoms with E-state index in [-0.39, 0.29) is 16.6 Å². The summed E-state index contributed by atoms with van der Waals surface area (Å²) in [7, 11) is 2.92. The molecule has 3 aromatic heterocycles. The van der Waals surface area contributed by atoms with Crippen LogP contribution in [0.15, 0.2) is 51.5 Å². The molecule has 164 valence electrons. The van der Waals surface area contributed by atoms with Gasteiger partial charge in [0.25, 0.3) is 11.5 Å². The number of pyridine rings is 1. The van der Waals surface area contributed by atoms with Crippen LogP contribution in [0.2, 0.25) is 0 Å². The van der Waals surface area contributed by atoms with Crippen molar-refractivity contribution in [2.24, 2.45) is 14.1 Å². The number of amides is 1. The van der Waals surface area contributed by atoms with Gasteiger partial charge in [-0.1, -0.05) is 38.1 Å². The molecule has 0 aliphatic carbocycles. The predicted molar refractivity (Wildman–Crippen MR) is 126 cm³/mol. The number of anilines is 1. The molecule has 0 saturated carbocycles. The van der Waals surface area contributed by atoms with Crippen LogP contribution in [0.25, 0.3) is 22.3 Å². The van der Waals surface area contributed by atoms with Crippen molar-refractivity contribution >= 4 is 33.4 Å². The van der Waals surface area contributed by atoms with E-state index in [1.165, 1.54) is 47.8 Å². The fourth-order valence-corrected chi connectivity index (χ4v) is 4.16. The Balaban J connectivity index is 1.57. The molecule has 0 bridgehead atoms. The van der Waals surface area contributed by atoms with E-state index in [0.29, 0.717) is 11.0 Å². The van der Waals surface area contributed by atoms with Crippen LogP contribution in [-0.4, -0.2) is 25.0 Å². The maximum Gasteiger partial charge on any atom is 0.332 e. The highest BCUT2D eigenvalue weighted by Gasteiger charge is 2.15. The van der Waals surface area contributed by atoms with Crippen molar-refractivity contribution in [2.75, 3.05) is 5.32 Å². The zero-order chi connectivity index (χ0) is 23.0. The van der Waals surface area contributed by atoms with Crippen LogP contribution in [0.5, 0.6) is 0 Å². The lowest BCUT2D eigenvalue weighted by Gasteiger charge is -2.09. The minimum absolute atomic E-state index is 0.198.